The van der Waals surface area contributed by atoms with Crippen LogP contribution >= 0.6 is 0 Å². The lowest BCUT2D eigenvalue weighted by atomic mass is 9.96. The van der Waals surface area contributed by atoms with Gasteiger partial charge in [0.2, 0.25) is 0 Å². The Morgan fingerprint density at radius 1 is 1.42 bits per heavy atom. The summed E-state index contributed by atoms with van der Waals surface area (Å²) in [4.78, 5) is 16.6. The Labute approximate surface area is 114 Å². The van der Waals surface area contributed by atoms with Crippen LogP contribution in [0.25, 0.3) is 0 Å². The SMILES string of the molecule is CC(CN)(Nc1nccn(C(C)(C)C)c1=O)C1CC1. The van der Waals surface area contributed by atoms with Gasteiger partial charge in [0.1, 0.15) is 0 Å². The molecule has 1 aromatic rings. The third kappa shape index (κ3) is 2.81. The van der Waals surface area contributed by atoms with Crippen molar-refractivity contribution in [3.05, 3.63) is 22.7 Å². The summed E-state index contributed by atoms with van der Waals surface area (Å²) in [6.07, 6.45) is 5.73. The number of rotatable bonds is 4. The van der Waals surface area contributed by atoms with E-state index in [1.807, 2.05) is 20.8 Å². The lowest BCUT2D eigenvalue weighted by Crippen LogP contribution is -2.47. The van der Waals surface area contributed by atoms with E-state index in [2.05, 4.69) is 17.2 Å². The molecular weight excluding hydrogens is 240 g/mol. The van der Waals surface area contributed by atoms with E-state index in [1.165, 1.54) is 12.8 Å². The van der Waals surface area contributed by atoms with Gasteiger partial charge >= 0.3 is 0 Å². The molecule has 5 heteroatoms. The lowest BCUT2D eigenvalue weighted by Gasteiger charge is -2.30. The van der Waals surface area contributed by atoms with Crippen molar-refractivity contribution < 1.29 is 0 Å². The van der Waals surface area contributed by atoms with Gasteiger partial charge in [-0.1, -0.05) is 0 Å². The maximum Gasteiger partial charge on any atom is 0.293 e. The van der Waals surface area contributed by atoms with Gasteiger partial charge in [-0.2, -0.15) is 0 Å². The van der Waals surface area contributed by atoms with Crippen molar-refractivity contribution >= 4 is 5.82 Å². The van der Waals surface area contributed by atoms with Gasteiger partial charge in [-0.15, -0.1) is 0 Å². The van der Waals surface area contributed by atoms with E-state index in [4.69, 9.17) is 5.73 Å². The molecule has 3 N–H and O–H groups in total. The quantitative estimate of drug-likeness (QED) is 0.865. The van der Waals surface area contributed by atoms with Gasteiger partial charge in [0.05, 0.1) is 5.54 Å². The number of nitrogens with one attached hydrogen (secondary N) is 1. The van der Waals surface area contributed by atoms with E-state index < -0.39 is 0 Å². The minimum Gasteiger partial charge on any atom is -0.359 e. The van der Waals surface area contributed by atoms with Crippen LogP contribution in [0.2, 0.25) is 0 Å². The van der Waals surface area contributed by atoms with E-state index in [1.54, 1.807) is 17.0 Å². The van der Waals surface area contributed by atoms with Crippen LogP contribution in [0.15, 0.2) is 17.2 Å². The van der Waals surface area contributed by atoms with E-state index >= 15 is 0 Å². The topological polar surface area (TPSA) is 72.9 Å². The van der Waals surface area contributed by atoms with Crippen molar-refractivity contribution in [1.82, 2.24) is 9.55 Å². The van der Waals surface area contributed by atoms with Crippen molar-refractivity contribution in [2.75, 3.05) is 11.9 Å². The van der Waals surface area contributed by atoms with E-state index in [9.17, 15) is 4.79 Å². The van der Waals surface area contributed by atoms with Crippen molar-refractivity contribution in [3.8, 4) is 0 Å². The van der Waals surface area contributed by atoms with Crippen LogP contribution in [0.3, 0.4) is 0 Å². The van der Waals surface area contributed by atoms with Crippen molar-refractivity contribution in [2.24, 2.45) is 11.7 Å². The summed E-state index contributed by atoms with van der Waals surface area (Å²) in [5.41, 5.74) is 5.30. The Morgan fingerprint density at radius 2 is 2.05 bits per heavy atom. The second-order valence-electron chi connectivity index (χ2n) is 6.64. The highest BCUT2D eigenvalue weighted by molar-refractivity contribution is 5.36. The summed E-state index contributed by atoms with van der Waals surface area (Å²) >= 11 is 0. The minimum atomic E-state index is -0.255. The molecule has 1 aliphatic carbocycles. The Balaban J connectivity index is 2.34. The predicted molar refractivity (Wildman–Crippen MR) is 77.3 cm³/mol. The fourth-order valence-corrected chi connectivity index (χ4v) is 2.34. The van der Waals surface area contributed by atoms with E-state index in [0.29, 0.717) is 18.3 Å². The molecule has 0 saturated heterocycles. The molecule has 106 valence electrons. The van der Waals surface area contributed by atoms with Crippen LogP contribution in [0.4, 0.5) is 5.82 Å². The smallest absolute Gasteiger partial charge is 0.293 e. The molecule has 0 bridgehead atoms. The molecule has 1 unspecified atom stereocenters. The molecule has 5 nitrogen and oxygen atoms in total. The summed E-state index contributed by atoms with van der Waals surface area (Å²) in [7, 11) is 0. The van der Waals surface area contributed by atoms with Crippen molar-refractivity contribution in [2.45, 2.75) is 51.6 Å². The molecule has 1 atom stereocenters. The standard InChI is InChI=1S/C14H24N4O/c1-13(2,3)18-8-7-16-11(12(18)19)17-14(4,9-15)10-5-6-10/h7-8,10H,5-6,9,15H2,1-4H3,(H,16,17). The molecule has 1 saturated carbocycles. The molecule has 0 aliphatic heterocycles. The van der Waals surface area contributed by atoms with E-state index in [-0.39, 0.29) is 16.6 Å². The van der Waals surface area contributed by atoms with Crippen LogP contribution in [-0.2, 0) is 5.54 Å². The zero-order valence-corrected chi connectivity index (χ0v) is 12.2. The van der Waals surface area contributed by atoms with Gasteiger partial charge in [-0.05, 0) is 46.5 Å². The Hall–Kier alpha value is -1.36. The zero-order chi connectivity index (χ0) is 14.3. The van der Waals surface area contributed by atoms with Crippen LogP contribution in [0, 0.1) is 5.92 Å². The number of hydrogen-bond donors (Lipinski definition) is 2. The fraction of sp³-hybridized carbons (Fsp3) is 0.714. The Kier molecular flexibility index (Phi) is 3.43. The van der Waals surface area contributed by atoms with Gasteiger partial charge in [-0.3, -0.25) is 4.79 Å². The number of nitrogens with two attached hydrogens (primary N) is 1. The molecular formula is C14H24N4O. The molecule has 1 heterocycles. The zero-order valence-electron chi connectivity index (χ0n) is 12.2. The first-order valence-electron chi connectivity index (χ1n) is 6.84. The third-order valence-corrected chi connectivity index (χ3v) is 3.87. The van der Waals surface area contributed by atoms with Gasteiger partial charge in [0, 0.05) is 24.5 Å². The third-order valence-electron chi connectivity index (χ3n) is 3.87. The lowest BCUT2D eigenvalue weighted by molar-refractivity contribution is 0.381. The van der Waals surface area contributed by atoms with Gasteiger partial charge in [0.15, 0.2) is 5.82 Å². The number of hydrogen-bond acceptors (Lipinski definition) is 4. The predicted octanol–water partition coefficient (Wildman–Crippen LogP) is 1.54. The molecule has 0 radical (unpaired) electrons. The second-order valence-corrected chi connectivity index (χ2v) is 6.64. The largest absolute Gasteiger partial charge is 0.359 e. The average molecular weight is 264 g/mol. The molecule has 1 fully saturated rings. The molecule has 1 aliphatic rings. The minimum absolute atomic E-state index is 0.0877. The highest BCUT2D eigenvalue weighted by Gasteiger charge is 2.41. The monoisotopic (exact) mass is 264 g/mol. The normalized spacial score (nSPS) is 19.0. The molecule has 0 spiro atoms. The van der Waals surface area contributed by atoms with Crippen molar-refractivity contribution in [1.29, 1.82) is 0 Å². The van der Waals surface area contributed by atoms with Crippen LogP contribution in [-0.4, -0.2) is 21.6 Å². The first kappa shape index (κ1) is 14.1. The first-order chi connectivity index (χ1) is 8.78. The highest BCUT2D eigenvalue weighted by atomic mass is 16.1. The fourth-order valence-electron chi connectivity index (χ4n) is 2.34. The number of nitrogens with zero attached hydrogens (tertiary/aromatic N) is 2. The highest BCUT2D eigenvalue weighted by Crippen LogP contribution is 2.40. The summed E-state index contributed by atoms with van der Waals surface area (Å²) in [6.45, 7) is 8.58. The number of anilines is 1. The second kappa shape index (κ2) is 4.63. The molecule has 2 rings (SSSR count). The maximum absolute atomic E-state index is 12.4. The van der Waals surface area contributed by atoms with Crippen LogP contribution in [0.1, 0.15) is 40.5 Å². The molecule has 0 aromatic carbocycles. The average Bonchev–Trinajstić information content (AvgIpc) is 3.14. The summed E-state index contributed by atoms with van der Waals surface area (Å²) in [5, 5.41) is 3.28. The first-order valence-corrected chi connectivity index (χ1v) is 6.84. The molecule has 0 amide bonds. The van der Waals surface area contributed by atoms with Crippen LogP contribution in [0.5, 0.6) is 0 Å². The maximum atomic E-state index is 12.4. The Bertz CT molecular complexity index is 513. The summed E-state index contributed by atoms with van der Waals surface area (Å²) in [6, 6.07) is 0. The van der Waals surface area contributed by atoms with Crippen LogP contribution < -0.4 is 16.6 Å². The molecule has 19 heavy (non-hydrogen) atoms. The Morgan fingerprint density at radius 3 is 2.53 bits per heavy atom. The molecule has 1 aromatic heterocycles. The number of aromatic nitrogens is 2. The van der Waals surface area contributed by atoms with Gasteiger partial charge < -0.3 is 15.6 Å². The summed E-state index contributed by atoms with van der Waals surface area (Å²) in [5.74, 6) is 0.944. The van der Waals surface area contributed by atoms with Gasteiger partial charge in [-0.25, -0.2) is 4.98 Å². The van der Waals surface area contributed by atoms with E-state index in [0.717, 1.165) is 0 Å². The van der Waals surface area contributed by atoms with Gasteiger partial charge in [0.25, 0.3) is 5.56 Å². The summed E-state index contributed by atoms with van der Waals surface area (Å²) < 4.78 is 1.70. The van der Waals surface area contributed by atoms with Crippen molar-refractivity contribution in [3.63, 3.8) is 0 Å².